The molecule has 0 spiro atoms. The van der Waals surface area contributed by atoms with Crippen LogP contribution in [0.25, 0.3) is 10.2 Å². The molecule has 124 valence electrons. The van der Waals surface area contributed by atoms with Crippen LogP contribution in [0.3, 0.4) is 0 Å². The van der Waals surface area contributed by atoms with Crippen LogP contribution in [0.4, 0.5) is 8.78 Å². The Kier molecular flexibility index (Phi) is 3.95. The number of H-pyrrole nitrogens is 1. The van der Waals surface area contributed by atoms with Crippen molar-refractivity contribution in [1.82, 2.24) is 15.3 Å². The molecular weight excluding hydrogens is 324 g/mol. The summed E-state index contributed by atoms with van der Waals surface area (Å²) in [6.45, 7) is 1.69. The summed E-state index contributed by atoms with van der Waals surface area (Å²) in [5.74, 6) is -3.15. The van der Waals surface area contributed by atoms with Gasteiger partial charge in [0.05, 0.1) is 10.3 Å². The maximum atomic E-state index is 13.6. The minimum Gasteiger partial charge on any atom is -0.354 e. The summed E-state index contributed by atoms with van der Waals surface area (Å²) in [6, 6.07) is 0. The number of nitrogens with zero attached hydrogens (tertiary/aromatic N) is 1. The lowest BCUT2D eigenvalue weighted by atomic mass is 9.86. The van der Waals surface area contributed by atoms with E-state index in [1.165, 1.54) is 7.05 Å². The maximum absolute atomic E-state index is 13.6. The first-order valence-corrected chi connectivity index (χ1v) is 8.27. The number of hydrogen-bond acceptors (Lipinski definition) is 4. The number of hydrogen-bond donors (Lipinski definition) is 2. The van der Waals surface area contributed by atoms with Gasteiger partial charge in [-0.05, 0) is 25.3 Å². The molecule has 8 heteroatoms. The number of carbonyl (C=O) groups excluding carboxylic acids is 1. The fraction of sp³-hybridized carbons (Fsp3) is 0.533. The number of rotatable bonds is 2. The van der Waals surface area contributed by atoms with Gasteiger partial charge in [0, 0.05) is 25.8 Å². The predicted molar refractivity (Wildman–Crippen MR) is 84.5 cm³/mol. The first-order valence-electron chi connectivity index (χ1n) is 7.45. The van der Waals surface area contributed by atoms with Gasteiger partial charge in [-0.25, -0.2) is 13.8 Å². The van der Waals surface area contributed by atoms with Crippen molar-refractivity contribution in [2.24, 2.45) is 0 Å². The third-order valence-corrected chi connectivity index (χ3v) is 5.46. The highest BCUT2D eigenvalue weighted by Gasteiger charge is 2.38. The number of carbonyl (C=O) groups is 1. The highest BCUT2D eigenvalue weighted by molar-refractivity contribution is 7.20. The highest BCUT2D eigenvalue weighted by atomic mass is 32.1. The van der Waals surface area contributed by atoms with Gasteiger partial charge in [0.2, 0.25) is 5.92 Å². The number of nitrogens with one attached hydrogen (secondary N) is 2. The molecule has 1 atom stereocenters. The van der Waals surface area contributed by atoms with E-state index >= 15 is 0 Å². The number of aryl methyl sites for hydroxylation is 1. The fourth-order valence-corrected chi connectivity index (χ4v) is 4.22. The Morgan fingerprint density at radius 3 is 2.87 bits per heavy atom. The van der Waals surface area contributed by atoms with Gasteiger partial charge >= 0.3 is 0 Å². The van der Waals surface area contributed by atoms with Gasteiger partial charge in [-0.15, -0.1) is 11.3 Å². The van der Waals surface area contributed by atoms with Crippen LogP contribution in [0.2, 0.25) is 0 Å². The largest absolute Gasteiger partial charge is 0.354 e. The van der Waals surface area contributed by atoms with Gasteiger partial charge in [-0.3, -0.25) is 9.59 Å². The Labute approximate surface area is 135 Å². The Morgan fingerprint density at radius 2 is 2.22 bits per heavy atom. The van der Waals surface area contributed by atoms with E-state index in [0.29, 0.717) is 39.3 Å². The predicted octanol–water partition coefficient (Wildman–Crippen LogP) is 2.95. The lowest BCUT2D eigenvalue weighted by Gasteiger charge is -2.28. The number of fused-ring (bicyclic) bond motifs is 1. The van der Waals surface area contributed by atoms with Crippen molar-refractivity contribution in [2.45, 2.75) is 44.4 Å². The van der Waals surface area contributed by atoms with E-state index in [1.54, 1.807) is 6.92 Å². The summed E-state index contributed by atoms with van der Waals surface area (Å²) >= 11 is 1.12. The zero-order chi connectivity index (χ0) is 16.8. The van der Waals surface area contributed by atoms with E-state index in [2.05, 4.69) is 15.3 Å². The summed E-state index contributed by atoms with van der Waals surface area (Å²) in [5.41, 5.74) is 0.196. The van der Waals surface area contributed by atoms with Gasteiger partial charge in [-0.2, -0.15) is 0 Å². The molecule has 2 heterocycles. The topological polar surface area (TPSA) is 74.8 Å². The van der Waals surface area contributed by atoms with Crippen LogP contribution in [0.5, 0.6) is 0 Å². The van der Waals surface area contributed by atoms with Crippen molar-refractivity contribution in [3.05, 3.63) is 26.6 Å². The van der Waals surface area contributed by atoms with Crippen LogP contribution in [0.1, 0.15) is 52.7 Å². The van der Waals surface area contributed by atoms with Crippen molar-refractivity contribution in [3.8, 4) is 0 Å². The quantitative estimate of drug-likeness (QED) is 0.882. The van der Waals surface area contributed by atoms with Crippen LogP contribution in [0.15, 0.2) is 4.79 Å². The van der Waals surface area contributed by atoms with E-state index in [4.69, 9.17) is 0 Å². The van der Waals surface area contributed by atoms with E-state index in [-0.39, 0.29) is 24.3 Å². The van der Waals surface area contributed by atoms with Gasteiger partial charge in [0.25, 0.3) is 11.5 Å². The minimum atomic E-state index is -2.71. The summed E-state index contributed by atoms with van der Waals surface area (Å²) in [6.07, 6.45) is 0.575. The van der Waals surface area contributed by atoms with Gasteiger partial charge < -0.3 is 10.3 Å². The van der Waals surface area contributed by atoms with E-state index in [9.17, 15) is 18.4 Å². The number of halogens is 2. The Hall–Kier alpha value is -1.83. The molecule has 2 aromatic rings. The normalized spacial score (nSPS) is 20.6. The van der Waals surface area contributed by atoms with Crippen LogP contribution in [-0.4, -0.2) is 28.8 Å². The lowest BCUT2D eigenvalue weighted by Crippen LogP contribution is -2.27. The summed E-state index contributed by atoms with van der Waals surface area (Å²) < 4.78 is 27.2. The van der Waals surface area contributed by atoms with Crippen molar-refractivity contribution in [1.29, 1.82) is 0 Å². The molecule has 23 heavy (non-hydrogen) atoms. The average Bonchev–Trinajstić information content (AvgIpc) is 2.83. The molecule has 2 N–H and O–H groups in total. The Morgan fingerprint density at radius 1 is 1.48 bits per heavy atom. The molecule has 0 bridgehead atoms. The van der Waals surface area contributed by atoms with Crippen molar-refractivity contribution in [3.63, 3.8) is 0 Å². The van der Waals surface area contributed by atoms with Crippen LogP contribution in [-0.2, 0) is 0 Å². The van der Waals surface area contributed by atoms with Gasteiger partial charge in [-0.1, -0.05) is 0 Å². The van der Waals surface area contributed by atoms with Crippen molar-refractivity contribution < 1.29 is 13.6 Å². The number of aromatic nitrogens is 2. The maximum Gasteiger partial charge on any atom is 0.261 e. The highest BCUT2D eigenvalue weighted by Crippen LogP contribution is 2.41. The zero-order valence-electron chi connectivity index (χ0n) is 12.8. The van der Waals surface area contributed by atoms with Gasteiger partial charge in [0.15, 0.2) is 0 Å². The van der Waals surface area contributed by atoms with Gasteiger partial charge in [0.1, 0.15) is 10.7 Å². The third-order valence-electron chi connectivity index (χ3n) is 4.28. The smallest absolute Gasteiger partial charge is 0.261 e. The van der Waals surface area contributed by atoms with Crippen LogP contribution in [0, 0.1) is 6.92 Å². The molecule has 1 saturated carbocycles. The number of aromatic amines is 1. The second kappa shape index (κ2) is 5.67. The summed E-state index contributed by atoms with van der Waals surface area (Å²) in [7, 11) is 1.51. The molecule has 5 nitrogen and oxygen atoms in total. The second-order valence-electron chi connectivity index (χ2n) is 5.92. The zero-order valence-corrected chi connectivity index (χ0v) is 13.7. The lowest BCUT2D eigenvalue weighted by molar-refractivity contribution is -0.0417. The molecule has 1 amide bonds. The van der Waals surface area contributed by atoms with E-state index in [0.717, 1.165) is 11.3 Å². The fourth-order valence-electron chi connectivity index (χ4n) is 3.09. The average molecular weight is 341 g/mol. The van der Waals surface area contributed by atoms with Crippen LogP contribution >= 0.6 is 11.3 Å². The summed E-state index contributed by atoms with van der Waals surface area (Å²) in [5, 5.41) is 2.88. The first-order chi connectivity index (χ1) is 10.8. The number of amides is 1. The Balaban J connectivity index is 2.08. The number of thiophene rings is 1. The molecule has 0 radical (unpaired) electrons. The van der Waals surface area contributed by atoms with Crippen LogP contribution < -0.4 is 10.9 Å². The SMILES string of the molecule is CNC(=O)c1sc2nc(C3CCCC(F)(F)C3)[nH]c(=O)c2c1C. The second-order valence-corrected chi connectivity index (χ2v) is 6.91. The molecule has 0 aliphatic heterocycles. The van der Waals surface area contributed by atoms with E-state index < -0.39 is 11.8 Å². The van der Waals surface area contributed by atoms with Crippen molar-refractivity contribution >= 4 is 27.5 Å². The van der Waals surface area contributed by atoms with Crippen molar-refractivity contribution in [2.75, 3.05) is 7.05 Å². The molecule has 2 aromatic heterocycles. The standard InChI is InChI=1S/C15H17F2N3O2S/c1-7-9-12(21)19-11(8-4-3-5-15(16,17)6-8)20-14(9)23-10(7)13(22)18-2/h8H,3-6H2,1-2H3,(H,18,22)(H,19,20,21). The molecule has 1 fully saturated rings. The monoisotopic (exact) mass is 341 g/mol. The molecular formula is C15H17F2N3O2S. The third kappa shape index (κ3) is 2.87. The number of alkyl halides is 2. The molecule has 1 aliphatic carbocycles. The minimum absolute atomic E-state index is 0.116. The molecule has 1 unspecified atom stereocenters. The summed E-state index contributed by atoms with van der Waals surface area (Å²) in [4.78, 5) is 32.1. The molecule has 3 rings (SSSR count). The molecule has 0 saturated heterocycles. The first kappa shape index (κ1) is 16.0. The van der Waals surface area contributed by atoms with E-state index in [1.807, 2.05) is 0 Å². The molecule has 1 aliphatic rings. The molecule has 0 aromatic carbocycles. The Bertz CT molecular complexity index is 828.